The second-order valence-corrected chi connectivity index (χ2v) is 9.81. The topological polar surface area (TPSA) is 169 Å². The zero-order chi connectivity index (χ0) is 25.7. The van der Waals surface area contributed by atoms with Gasteiger partial charge in [0.05, 0.1) is 0 Å². The summed E-state index contributed by atoms with van der Waals surface area (Å²) in [5.41, 5.74) is 4.09. The van der Waals surface area contributed by atoms with Crippen molar-refractivity contribution in [3.63, 3.8) is 0 Å². The van der Waals surface area contributed by atoms with Gasteiger partial charge in [0.25, 0.3) is 0 Å². The second kappa shape index (κ2) is 14.6. The summed E-state index contributed by atoms with van der Waals surface area (Å²) in [7, 11) is 0. The third-order valence-corrected chi connectivity index (χ3v) is 4.16. The summed E-state index contributed by atoms with van der Waals surface area (Å²) in [5.74, 6) is -1.76. The van der Waals surface area contributed by atoms with E-state index in [2.05, 4.69) is 16.0 Å². The number of carboxylic acids is 1. The SMILES string of the molecule is CC(C)(C)OC(=O)NCCCC[C@H](NC(=O)OC(C)(C)C)C(=O)N[C@@H](CCCCN)C(=O)O. The summed E-state index contributed by atoms with van der Waals surface area (Å²) in [6.45, 7) is 11.1. The predicted molar refractivity (Wildman–Crippen MR) is 124 cm³/mol. The van der Waals surface area contributed by atoms with E-state index < -0.39 is 47.3 Å². The van der Waals surface area contributed by atoms with Crippen LogP contribution in [-0.4, -0.2) is 65.5 Å². The Bertz CT molecular complexity index is 642. The smallest absolute Gasteiger partial charge is 0.408 e. The van der Waals surface area contributed by atoms with Gasteiger partial charge in [0.15, 0.2) is 0 Å². The first-order valence-electron chi connectivity index (χ1n) is 11.3. The van der Waals surface area contributed by atoms with Crippen LogP contribution in [0.4, 0.5) is 9.59 Å². The molecule has 0 aliphatic rings. The number of ether oxygens (including phenoxy) is 2. The lowest BCUT2D eigenvalue weighted by Gasteiger charge is -2.24. The summed E-state index contributed by atoms with van der Waals surface area (Å²) in [6, 6.07) is -2.07. The predicted octanol–water partition coefficient (Wildman–Crippen LogP) is 2.27. The Balaban J connectivity index is 4.91. The minimum absolute atomic E-state index is 0.232. The van der Waals surface area contributed by atoms with Gasteiger partial charge in [0.2, 0.25) is 5.91 Å². The van der Waals surface area contributed by atoms with E-state index in [9.17, 15) is 24.3 Å². The first kappa shape index (κ1) is 30.4. The first-order valence-corrected chi connectivity index (χ1v) is 11.3. The fourth-order valence-corrected chi connectivity index (χ4v) is 2.72. The van der Waals surface area contributed by atoms with E-state index in [0.717, 1.165) is 0 Å². The standard InChI is InChI=1S/C22H42N4O7/c1-21(2,3)32-19(30)24-14-10-8-11-15(26-20(31)33-22(4,5)6)17(27)25-16(18(28)29)12-7-9-13-23/h15-16H,7-14,23H2,1-6H3,(H,24,30)(H,25,27)(H,26,31)(H,28,29)/t15-,16-/m0/s1. The zero-order valence-electron chi connectivity index (χ0n) is 20.8. The summed E-state index contributed by atoms with van der Waals surface area (Å²) in [5, 5.41) is 17.0. The van der Waals surface area contributed by atoms with Gasteiger partial charge in [0.1, 0.15) is 23.3 Å². The van der Waals surface area contributed by atoms with Crippen LogP contribution in [0.1, 0.15) is 80.1 Å². The number of hydrogen-bond donors (Lipinski definition) is 5. The highest BCUT2D eigenvalue weighted by atomic mass is 16.6. The molecule has 0 aliphatic heterocycles. The van der Waals surface area contributed by atoms with Gasteiger partial charge in [-0.15, -0.1) is 0 Å². The minimum atomic E-state index is -1.15. The molecule has 0 rings (SSSR count). The van der Waals surface area contributed by atoms with E-state index in [4.69, 9.17) is 15.2 Å². The average molecular weight is 475 g/mol. The number of unbranched alkanes of at least 4 members (excludes halogenated alkanes) is 2. The van der Waals surface area contributed by atoms with Gasteiger partial charge in [0, 0.05) is 6.54 Å². The van der Waals surface area contributed by atoms with Crippen molar-refractivity contribution in [2.45, 2.75) is 103 Å². The Morgan fingerprint density at radius 2 is 1.30 bits per heavy atom. The van der Waals surface area contributed by atoms with Crippen molar-refractivity contribution in [3.05, 3.63) is 0 Å². The van der Waals surface area contributed by atoms with Gasteiger partial charge in [-0.1, -0.05) is 0 Å². The van der Waals surface area contributed by atoms with Gasteiger partial charge in [-0.3, -0.25) is 4.79 Å². The van der Waals surface area contributed by atoms with Crippen molar-refractivity contribution in [2.24, 2.45) is 5.73 Å². The molecule has 0 radical (unpaired) electrons. The quantitative estimate of drug-likeness (QED) is 0.253. The van der Waals surface area contributed by atoms with Crippen LogP contribution in [0, 0.1) is 0 Å². The van der Waals surface area contributed by atoms with E-state index in [1.807, 2.05) is 0 Å². The van der Waals surface area contributed by atoms with Crippen LogP contribution in [0.15, 0.2) is 0 Å². The molecule has 3 amide bonds. The largest absolute Gasteiger partial charge is 0.480 e. The molecule has 0 fully saturated rings. The highest BCUT2D eigenvalue weighted by Gasteiger charge is 2.28. The number of nitrogens with one attached hydrogen (secondary N) is 3. The molecule has 0 saturated carbocycles. The lowest BCUT2D eigenvalue weighted by atomic mass is 10.1. The van der Waals surface area contributed by atoms with Crippen molar-refractivity contribution in [2.75, 3.05) is 13.1 Å². The Morgan fingerprint density at radius 1 is 0.788 bits per heavy atom. The molecule has 0 unspecified atom stereocenters. The molecule has 11 nitrogen and oxygen atoms in total. The second-order valence-electron chi connectivity index (χ2n) is 9.81. The molecule has 2 atom stereocenters. The number of rotatable bonds is 13. The van der Waals surface area contributed by atoms with E-state index in [1.54, 1.807) is 41.5 Å². The van der Waals surface area contributed by atoms with Gasteiger partial charge < -0.3 is 36.3 Å². The van der Waals surface area contributed by atoms with Crippen LogP contribution in [0.25, 0.3) is 0 Å². The van der Waals surface area contributed by atoms with E-state index in [0.29, 0.717) is 38.8 Å². The summed E-state index contributed by atoms with van der Waals surface area (Å²) in [6.07, 6.45) is 1.35. The van der Waals surface area contributed by atoms with Crippen molar-refractivity contribution >= 4 is 24.1 Å². The molecule has 11 heteroatoms. The van der Waals surface area contributed by atoms with E-state index in [1.165, 1.54) is 0 Å². The number of alkyl carbamates (subject to hydrolysis) is 2. The summed E-state index contributed by atoms with van der Waals surface area (Å²) >= 11 is 0. The Labute approximate surface area is 196 Å². The van der Waals surface area contributed by atoms with Crippen molar-refractivity contribution in [3.8, 4) is 0 Å². The lowest BCUT2D eigenvalue weighted by Crippen LogP contribution is -2.52. The Kier molecular flexibility index (Phi) is 13.4. The normalized spacial score (nSPS) is 13.4. The fourth-order valence-electron chi connectivity index (χ4n) is 2.72. The number of carbonyl (C=O) groups excluding carboxylic acids is 3. The Hall–Kier alpha value is -2.56. The van der Waals surface area contributed by atoms with E-state index >= 15 is 0 Å². The Morgan fingerprint density at radius 3 is 1.82 bits per heavy atom. The molecule has 0 bridgehead atoms. The number of amides is 3. The molecule has 33 heavy (non-hydrogen) atoms. The molecule has 192 valence electrons. The third-order valence-electron chi connectivity index (χ3n) is 4.16. The van der Waals surface area contributed by atoms with Crippen molar-refractivity contribution in [1.29, 1.82) is 0 Å². The van der Waals surface area contributed by atoms with E-state index in [-0.39, 0.29) is 12.8 Å². The highest BCUT2D eigenvalue weighted by Crippen LogP contribution is 2.10. The highest BCUT2D eigenvalue weighted by molar-refractivity contribution is 5.89. The number of carboxylic acid groups (broad SMARTS) is 1. The maximum absolute atomic E-state index is 12.8. The molecule has 0 aliphatic carbocycles. The van der Waals surface area contributed by atoms with Gasteiger partial charge in [-0.25, -0.2) is 14.4 Å². The van der Waals surface area contributed by atoms with Crippen LogP contribution in [0.3, 0.4) is 0 Å². The molecular formula is C22H42N4O7. The molecule has 0 spiro atoms. The molecule has 0 heterocycles. The molecule has 0 aromatic heterocycles. The molecule has 6 N–H and O–H groups in total. The molecule has 0 aromatic rings. The third kappa shape index (κ3) is 16.7. The molecule has 0 aromatic carbocycles. The van der Waals surface area contributed by atoms with Crippen molar-refractivity contribution < 1.29 is 33.8 Å². The number of carbonyl (C=O) groups is 4. The van der Waals surface area contributed by atoms with Crippen molar-refractivity contribution in [1.82, 2.24) is 16.0 Å². The zero-order valence-corrected chi connectivity index (χ0v) is 20.8. The number of aliphatic carboxylic acids is 1. The van der Waals surface area contributed by atoms with Crippen LogP contribution >= 0.6 is 0 Å². The monoisotopic (exact) mass is 474 g/mol. The summed E-state index contributed by atoms with van der Waals surface area (Å²) in [4.78, 5) is 48.2. The van der Waals surface area contributed by atoms with Gasteiger partial charge >= 0.3 is 18.2 Å². The van der Waals surface area contributed by atoms with Gasteiger partial charge in [-0.2, -0.15) is 0 Å². The van der Waals surface area contributed by atoms with Gasteiger partial charge in [-0.05, 0) is 86.6 Å². The molecular weight excluding hydrogens is 432 g/mol. The average Bonchev–Trinajstić information content (AvgIpc) is 2.62. The van der Waals surface area contributed by atoms with Crippen LogP contribution in [0.2, 0.25) is 0 Å². The van der Waals surface area contributed by atoms with Crippen LogP contribution in [-0.2, 0) is 19.1 Å². The minimum Gasteiger partial charge on any atom is -0.480 e. The first-order chi connectivity index (χ1) is 15.1. The molecule has 0 saturated heterocycles. The number of hydrogen-bond acceptors (Lipinski definition) is 7. The van der Waals surface area contributed by atoms with Crippen LogP contribution in [0.5, 0.6) is 0 Å². The summed E-state index contributed by atoms with van der Waals surface area (Å²) < 4.78 is 10.4. The fraction of sp³-hybridized carbons (Fsp3) is 0.818. The maximum Gasteiger partial charge on any atom is 0.408 e. The van der Waals surface area contributed by atoms with Crippen LogP contribution < -0.4 is 21.7 Å². The maximum atomic E-state index is 12.8. The lowest BCUT2D eigenvalue weighted by molar-refractivity contribution is -0.142. The number of nitrogens with two attached hydrogens (primary N) is 1.